The summed E-state index contributed by atoms with van der Waals surface area (Å²) >= 11 is 6.18. The lowest BCUT2D eigenvalue weighted by Gasteiger charge is -2.27. The molecule has 0 bridgehead atoms. The predicted molar refractivity (Wildman–Crippen MR) is 152 cm³/mol. The fourth-order valence-corrected chi connectivity index (χ4v) is 5.61. The molecule has 0 aromatic heterocycles. The van der Waals surface area contributed by atoms with Crippen LogP contribution in [0.15, 0.2) is 65.6 Å². The Morgan fingerprint density at radius 1 is 1.10 bits per heavy atom. The molecule has 1 atom stereocenters. The molecule has 0 fully saturated rings. The summed E-state index contributed by atoms with van der Waals surface area (Å²) in [6.07, 6.45) is 0. The number of halogens is 1. The topological polar surface area (TPSA) is 119 Å². The van der Waals surface area contributed by atoms with Crippen molar-refractivity contribution in [3.63, 3.8) is 0 Å². The van der Waals surface area contributed by atoms with Gasteiger partial charge in [-0.3, -0.25) is 19.2 Å². The number of nitrogens with one attached hydrogen (secondary N) is 1. The largest absolute Gasteiger partial charge is 0.495 e. The average Bonchev–Trinajstić information content (AvgIpc) is 2.86. The Balaban J connectivity index is 1.99. The van der Waals surface area contributed by atoms with Gasteiger partial charge in [0.05, 0.1) is 28.7 Å². The summed E-state index contributed by atoms with van der Waals surface area (Å²) in [6.45, 7) is 9.01. The number of carbonyl (C=O) groups is 1. The SMILES string of the molecule is COc1ccc(Cl)cc1N(CC(=O)NC(C)c1ccc(C(C)(C)C)cc1)S(=O)(=O)c1ccc(C)c([N+](=O)[O-])c1. The van der Waals surface area contributed by atoms with Crippen LogP contribution in [0.3, 0.4) is 0 Å². The van der Waals surface area contributed by atoms with Crippen molar-refractivity contribution in [2.75, 3.05) is 18.0 Å². The van der Waals surface area contributed by atoms with Gasteiger partial charge < -0.3 is 10.1 Å². The molecule has 1 N–H and O–H groups in total. The van der Waals surface area contributed by atoms with Gasteiger partial charge in [-0.2, -0.15) is 0 Å². The summed E-state index contributed by atoms with van der Waals surface area (Å²) in [7, 11) is -3.11. The van der Waals surface area contributed by atoms with Crippen molar-refractivity contribution in [2.24, 2.45) is 0 Å². The molecule has 0 saturated carbocycles. The first-order valence-corrected chi connectivity index (χ1v) is 14.0. The number of hydrogen-bond acceptors (Lipinski definition) is 6. The van der Waals surface area contributed by atoms with E-state index in [0.29, 0.717) is 5.56 Å². The Kier molecular flexibility index (Phi) is 8.92. The van der Waals surface area contributed by atoms with Gasteiger partial charge in [0.2, 0.25) is 5.91 Å². The minimum absolute atomic E-state index is 0.0190. The van der Waals surface area contributed by atoms with Crippen LogP contribution in [-0.2, 0) is 20.2 Å². The highest BCUT2D eigenvalue weighted by Gasteiger charge is 2.32. The molecule has 208 valence electrons. The molecule has 0 heterocycles. The van der Waals surface area contributed by atoms with Gasteiger partial charge in [-0.15, -0.1) is 0 Å². The molecule has 3 rings (SSSR count). The molecule has 1 amide bonds. The van der Waals surface area contributed by atoms with Gasteiger partial charge in [0.1, 0.15) is 12.3 Å². The van der Waals surface area contributed by atoms with Gasteiger partial charge >= 0.3 is 0 Å². The number of hydrogen-bond donors (Lipinski definition) is 1. The average molecular weight is 574 g/mol. The number of amides is 1. The lowest BCUT2D eigenvalue weighted by Crippen LogP contribution is -2.41. The molecular formula is C28H32ClN3O6S. The van der Waals surface area contributed by atoms with E-state index in [1.54, 1.807) is 6.92 Å². The van der Waals surface area contributed by atoms with Crippen molar-refractivity contribution >= 4 is 38.9 Å². The van der Waals surface area contributed by atoms with Gasteiger partial charge in [0, 0.05) is 16.7 Å². The second kappa shape index (κ2) is 11.6. The number of ether oxygens (including phenoxy) is 1. The van der Waals surface area contributed by atoms with Gasteiger partial charge in [-0.1, -0.05) is 62.7 Å². The fraction of sp³-hybridized carbons (Fsp3) is 0.321. The number of sulfonamides is 1. The van der Waals surface area contributed by atoms with Crippen LogP contribution in [0.4, 0.5) is 11.4 Å². The van der Waals surface area contributed by atoms with E-state index in [4.69, 9.17) is 16.3 Å². The summed E-state index contributed by atoms with van der Waals surface area (Å²) < 4.78 is 33.9. The monoisotopic (exact) mass is 573 g/mol. The van der Waals surface area contributed by atoms with E-state index in [2.05, 4.69) is 26.1 Å². The highest BCUT2D eigenvalue weighted by molar-refractivity contribution is 7.92. The molecule has 0 spiro atoms. The number of anilines is 1. The first-order chi connectivity index (χ1) is 18.1. The second-order valence-electron chi connectivity index (χ2n) is 10.2. The molecule has 0 radical (unpaired) electrons. The van der Waals surface area contributed by atoms with Gasteiger partial charge in [0.15, 0.2) is 0 Å². The molecule has 39 heavy (non-hydrogen) atoms. The fourth-order valence-electron chi connectivity index (χ4n) is 4.00. The van der Waals surface area contributed by atoms with Crippen molar-refractivity contribution in [3.05, 3.63) is 92.5 Å². The zero-order chi connectivity index (χ0) is 29.1. The highest BCUT2D eigenvalue weighted by Crippen LogP contribution is 2.36. The summed E-state index contributed by atoms with van der Waals surface area (Å²) in [5.74, 6) is -0.433. The summed E-state index contributed by atoms with van der Waals surface area (Å²) in [5, 5.41) is 14.5. The molecule has 1 unspecified atom stereocenters. The first kappa shape index (κ1) is 29.9. The van der Waals surface area contributed by atoms with E-state index in [-0.39, 0.29) is 32.5 Å². The van der Waals surface area contributed by atoms with Crippen LogP contribution in [0.25, 0.3) is 0 Å². The van der Waals surface area contributed by atoms with Crippen molar-refractivity contribution in [1.29, 1.82) is 0 Å². The molecule has 0 aliphatic rings. The van der Waals surface area contributed by atoms with Crippen LogP contribution in [0, 0.1) is 17.0 Å². The van der Waals surface area contributed by atoms with Gasteiger partial charge in [-0.25, -0.2) is 8.42 Å². The van der Waals surface area contributed by atoms with Crippen LogP contribution in [0.5, 0.6) is 5.75 Å². The summed E-state index contributed by atoms with van der Waals surface area (Å²) in [4.78, 5) is 23.7. The number of benzene rings is 3. The first-order valence-electron chi connectivity index (χ1n) is 12.2. The van der Waals surface area contributed by atoms with E-state index in [9.17, 15) is 23.3 Å². The maximum atomic E-state index is 13.8. The second-order valence-corrected chi connectivity index (χ2v) is 12.5. The standard InChI is InChI=1S/C28H32ClN3O6S/c1-18-7-13-23(16-24(18)32(34)35)39(36,37)31(25-15-22(29)12-14-26(25)38-6)17-27(33)30-19(2)20-8-10-21(11-9-20)28(3,4)5/h7-16,19H,17H2,1-6H3,(H,30,33). The zero-order valence-electron chi connectivity index (χ0n) is 22.7. The smallest absolute Gasteiger partial charge is 0.273 e. The third-order valence-corrected chi connectivity index (χ3v) is 8.31. The van der Waals surface area contributed by atoms with E-state index < -0.39 is 33.4 Å². The third-order valence-electron chi connectivity index (χ3n) is 6.32. The summed E-state index contributed by atoms with van der Waals surface area (Å²) in [5.41, 5.74) is 1.93. The van der Waals surface area contributed by atoms with Gasteiger partial charge in [0.25, 0.3) is 15.7 Å². The zero-order valence-corrected chi connectivity index (χ0v) is 24.3. The van der Waals surface area contributed by atoms with Crippen molar-refractivity contribution in [2.45, 2.75) is 51.0 Å². The maximum absolute atomic E-state index is 13.8. The van der Waals surface area contributed by atoms with Crippen molar-refractivity contribution < 1.29 is 22.9 Å². The minimum Gasteiger partial charge on any atom is -0.495 e. The quantitative estimate of drug-likeness (QED) is 0.250. The third kappa shape index (κ3) is 6.88. The van der Waals surface area contributed by atoms with Crippen LogP contribution in [-0.4, -0.2) is 32.9 Å². The summed E-state index contributed by atoms with van der Waals surface area (Å²) in [6, 6.07) is 15.4. The van der Waals surface area contributed by atoms with Crippen molar-refractivity contribution in [1.82, 2.24) is 5.32 Å². The van der Waals surface area contributed by atoms with Crippen LogP contribution in [0.2, 0.25) is 5.02 Å². The van der Waals surface area contributed by atoms with E-state index >= 15 is 0 Å². The van der Waals surface area contributed by atoms with Crippen molar-refractivity contribution in [3.8, 4) is 5.75 Å². The molecule has 11 heteroatoms. The normalized spacial score (nSPS) is 12.5. The number of carbonyl (C=O) groups excluding carboxylic acids is 1. The van der Waals surface area contributed by atoms with Crippen LogP contribution < -0.4 is 14.4 Å². The van der Waals surface area contributed by atoms with E-state index in [1.165, 1.54) is 44.4 Å². The Bertz CT molecular complexity index is 1480. The number of nitrogens with zero attached hydrogens (tertiary/aromatic N) is 2. The van der Waals surface area contributed by atoms with E-state index in [1.807, 2.05) is 24.3 Å². The lowest BCUT2D eigenvalue weighted by atomic mass is 9.86. The van der Waals surface area contributed by atoms with E-state index in [0.717, 1.165) is 21.5 Å². The predicted octanol–water partition coefficient (Wildman–Crippen LogP) is 5.94. The minimum atomic E-state index is -4.46. The Labute approximate surface area is 233 Å². The van der Waals surface area contributed by atoms with Gasteiger partial charge in [-0.05, 0) is 54.7 Å². The van der Waals surface area contributed by atoms with Crippen LogP contribution in [0.1, 0.15) is 50.4 Å². The number of nitro benzene ring substituents is 1. The molecule has 0 saturated heterocycles. The Morgan fingerprint density at radius 2 is 1.74 bits per heavy atom. The Morgan fingerprint density at radius 3 is 2.31 bits per heavy atom. The number of methoxy groups -OCH3 is 1. The number of nitro groups is 1. The number of rotatable bonds is 9. The Hall–Kier alpha value is -3.63. The molecule has 0 aliphatic heterocycles. The number of aryl methyl sites for hydroxylation is 1. The molecule has 3 aromatic rings. The lowest BCUT2D eigenvalue weighted by molar-refractivity contribution is -0.385. The molecule has 3 aromatic carbocycles. The maximum Gasteiger partial charge on any atom is 0.273 e. The molecular weight excluding hydrogens is 542 g/mol. The molecule has 9 nitrogen and oxygen atoms in total. The molecule has 0 aliphatic carbocycles. The van der Waals surface area contributed by atoms with Crippen LogP contribution >= 0.6 is 11.6 Å². The highest BCUT2D eigenvalue weighted by atomic mass is 35.5.